The van der Waals surface area contributed by atoms with E-state index in [1.165, 1.54) is 16.7 Å². The fourth-order valence-electron chi connectivity index (χ4n) is 0.752. The molecule has 0 saturated carbocycles. The molecule has 0 atom stereocenters. The fraction of sp³-hybridized carbons (Fsp3) is 0.125. The van der Waals surface area contributed by atoms with Crippen LogP contribution in [0.3, 0.4) is 0 Å². The summed E-state index contributed by atoms with van der Waals surface area (Å²) in [4.78, 5) is 2.21. The van der Waals surface area contributed by atoms with Gasteiger partial charge in [0.25, 0.3) is 0 Å². The number of benzene rings is 1. The molecule has 1 nitrogen and oxygen atoms in total. The van der Waals surface area contributed by atoms with Gasteiger partial charge in [0.1, 0.15) is 5.40 Å². The van der Waals surface area contributed by atoms with Gasteiger partial charge in [-0.15, -0.1) is 11.8 Å². The van der Waals surface area contributed by atoms with E-state index in [1.54, 1.807) is 11.8 Å². The minimum absolute atomic E-state index is 1.04. The molecule has 0 heterocycles. The van der Waals surface area contributed by atoms with E-state index in [9.17, 15) is 0 Å². The molecular weight excluding hydrogens is 174 g/mol. The maximum Gasteiger partial charge on any atom is 0.138 e. The SMILES string of the molecule is CSc1ccccc1SC#N. The van der Waals surface area contributed by atoms with Crippen molar-refractivity contribution in [3.05, 3.63) is 24.3 Å². The van der Waals surface area contributed by atoms with Gasteiger partial charge < -0.3 is 0 Å². The van der Waals surface area contributed by atoms with Gasteiger partial charge in [0, 0.05) is 9.79 Å². The first-order valence-electron chi connectivity index (χ1n) is 3.07. The molecule has 0 amide bonds. The van der Waals surface area contributed by atoms with E-state index < -0.39 is 0 Å². The molecule has 1 aromatic rings. The van der Waals surface area contributed by atoms with Crippen LogP contribution in [0.4, 0.5) is 0 Å². The number of hydrogen-bond acceptors (Lipinski definition) is 3. The van der Waals surface area contributed by atoms with Crippen LogP contribution in [0.5, 0.6) is 0 Å². The third kappa shape index (κ3) is 2.18. The zero-order valence-corrected chi connectivity index (χ0v) is 7.71. The Labute approximate surface area is 74.8 Å². The Bertz CT molecular complexity index is 278. The molecule has 11 heavy (non-hydrogen) atoms. The second kappa shape index (κ2) is 4.32. The van der Waals surface area contributed by atoms with Crippen molar-refractivity contribution in [2.24, 2.45) is 0 Å². The van der Waals surface area contributed by atoms with Crippen molar-refractivity contribution >= 4 is 23.5 Å². The molecule has 0 spiro atoms. The Morgan fingerprint density at radius 2 is 1.91 bits per heavy atom. The standard InChI is InChI=1S/C8H7NS2/c1-10-7-4-2-3-5-8(7)11-6-9/h2-5H,1H3. The van der Waals surface area contributed by atoms with Gasteiger partial charge in [-0.25, -0.2) is 0 Å². The van der Waals surface area contributed by atoms with Crippen LogP contribution < -0.4 is 0 Å². The van der Waals surface area contributed by atoms with Crippen LogP contribution in [0.15, 0.2) is 34.1 Å². The normalized spacial score (nSPS) is 9.09. The average molecular weight is 181 g/mol. The lowest BCUT2D eigenvalue weighted by atomic mass is 10.4. The summed E-state index contributed by atoms with van der Waals surface area (Å²) < 4.78 is 0. The minimum Gasteiger partial charge on any atom is -0.185 e. The van der Waals surface area contributed by atoms with Crippen LogP contribution in [0.2, 0.25) is 0 Å². The smallest absolute Gasteiger partial charge is 0.138 e. The highest BCUT2D eigenvalue weighted by atomic mass is 32.2. The summed E-state index contributed by atoms with van der Waals surface area (Å²) in [5.41, 5.74) is 0. The fourth-order valence-corrected chi connectivity index (χ4v) is 2.02. The summed E-state index contributed by atoms with van der Waals surface area (Å²) in [6, 6.07) is 7.90. The lowest BCUT2D eigenvalue weighted by molar-refractivity contribution is 1.26. The number of thiocyanates is 1. The number of nitriles is 1. The largest absolute Gasteiger partial charge is 0.185 e. The number of hydrogen-bond donors (Lipinski definition) is 0. The van der Waals surface area contributed by atoms with Crippen molar-refractivity contribution in [3.8, 4) is 5.40 Å². The minimum atomic E-state index is 1.04. The second-order valence-corrected chi connectivity index (χ2v) is 3.52. The highest BCUT2D eigenvalue weighted by Crippen LogP contribution is 2.28. The maximum atomic E-state index is 8.44. The van der Waals surface area contributed by atoms with Gasteiger partial charge in [0.2, 0.25) is 0 Å². The molecule has 0 aliphatic rings. The van der Waals surface area contributed by atoms with E-state index in [-0.39, 0.29) is 0 Å². The second-order valence-electron chi connectivity index (χ2n) is 1.84. The highest BCUT2D eigenvalue weighted by Gasteiger charge is 1.98. The predicted molar refractivity (Wildman–Crippen MR) is 49.7 cm³/mol. The molecule has 0 aliphatic heterocycles. The van der Waals surface area contributed by atoms with Crippen LogP contribution >= 0.6 is 23.5 Å². The summed E-state index contributed by atoms with van der Waals surface area (Å²) in [5.74, 6) is 0. The molecule has 0 fully saturated rings. The topological polar surface area (TPSA) is 23.8 Å². The summed E-state index contributed by atoms with van der Waals surface area (Å²) in [6.07, 6.45) is 2.01. The maximum absolute atomic E-state index is 8.44. The summed E-state index contributed by atoms with van der Waals surface area (Å²) in [5, 5.41) is 10.5. The van der Waals surface area contributed by atoms with Gasteiger partial charge in [0.15, 0.2) is 0 Å². The lowest BCUT2D eigenvalue weighted by Gasteiger charge is -1.99. The third-order valence-electron chi connectivity index (χ3n) is 1.22. The van der Waals surface area contributed by atoms with Gasteiger partial charge in [-0.1, -0.05) is 12.1 Å². The molecule has 1 aromatic carbocycles. The molecule has 0 unspecified atom stereocenters. The molecule has 3 heteroatoms. The van der Waals surface area contributed by atoms with Crippen molar-refractivity contribution in [2.45, 2.75) is 9.79 Å². The molecule has 0 N–H and O–H groups in total. The molecule has 0 radical (unpaired) electrons. The Morgan fingerprint density at radius 3 is 2.45 bits per heavy atom. The Morgan fingerprint density at radius 1 is 1.27 bits per heavy atom. The predicted octanol–water partition coefficient (Wildman–Crippen LogP) is 2.98. The Hall–Kier alpha value is -0.590. The van der Waals surface area contributed by atoms with Crippen molar-refractivity contribution in [3.63, 3.8) is 0 Å². The molecule has 0 bridgehead atoms. The quantitative estimate of drug-likeness (QED) is 0.517. The average Bonchev–Trinajstić information content (AvgIpc) is 2.06. The van der Waals surface area contributed by atoms with Crippen molar-refractivity contribution in [1.82, 2.24) is 0 Å². The van der Waals surface area contributed by atoms with Crippen LogP contribution in [0.1, 0.15) is 0 Å². The van der Waals surface area contributed by atoms with Crippen molar-refractivity contribution in [2.75, 3.05) is 6.26 Å². The van der Waals surface area contributed by atoms with Crippen LogP contribution in [-0.4, -0.2) is 6.26 Å². The summed E-state index contributed by atoms with van der Waals surface area (Å²) >= 11 is 2.87. The zero-order chi connectivity index (χ0) is 8.10. The lowest BCUT2D eigenvalue weighted by Crippen LogP contribution is -1.73. The molecule has 1 rings (SSSR count). The molecular formula is C8H7NS2. The van der Waals surface area contributed by atoms with E-state index in [0.717, 1.165) is 4.90 Å². The summed E-state index contributed by atoms with van der Waals surface area (Å²) in [6.45, 7) is 0. The first-order chi connectivity index (χ1) is 5.38. The number of rotatable bonds is 2. The molecule has 56 valence electrons. The van der Waals surface area contributed by atoms with Crippen LogP contribution in [0, 0.1) is 10.7 Å². The first kappa shape index (κ1) is 8.51. The van der Waals surface area contributed by atoms with Gasteiger partial charge in [-0.2, -0.15) is 5.26 Å². The number of nitrogens with zero attached hydrogens (tertiary/aromatic N) is 1. The van der Waals surface area contributed by atoms with E-state index in [4.69, 9.17) is 5.26 Å². The molecule has 0 aromatic heterocycles. The van der Waals surface area contributed by atoms with Crippen molar-refractivity contribution in [1.29, 1.82) is 5.26 Å². The Balaban J connectivity index is 2.94. The molecule has 0 saturated heterocycles. The zero-order valence-electron chi connectivity index (χ0n) is 6.07. The van der Waals surface area contributed by atoms with E-state index >= 15 is 0 Å². The highest BCUT2D eigenvalue weighted by molar-refractivity contribution is 8.05. The number of thioether (sulfide) groups is 2. The first-order valence-corrected chi connectivity index (χ1v) is 5.11. The van der Waals surface area contributed by atoms with Gasteiger partial charge >= 0.3 is 0 Å². The Kier molecular flexibility index (Phi) is 3.34. The van der Waals surface area contributed by atoms with Crippen molar-refractivity contribution < 1.29 is 0 Å². The van der Waals surface area contributed by atoms with E-state index in [2.05, 4.69) is 5.40 Å². The third-order valence-corrected chi connectivity index (χ3v) is 2.82. The van der Waals surface area contributed by atoms with E-state index in [0.29, 0.717) is 0 Å². The van der Waals surface area contributed by atoms with Gasteiger partial charge in [0.05, 0.1) is 0 Å². The van der Waals surface area contributed by atoms with Gasteiger partial charge in [-0.05, 0) is 30.2 Å². The molecule has 0 aliphatic carbocycles. The van der Waals surface area contributed by atoms with Crippen LogP contribution in [0.25, 0.3) is 0 Å². The monoisotopic (exact) mass is 181 g/mol. The van der Waals surface area contributed by atoms with Crippen LogP contribution in [-0.2, 0) is 0 Å². The summed E-state index contributed by atoms with van der Waals surface area (Å²) in [7, 11) is 0. The van der Waals surface area contributed by atoms with Gasteiger partial charge in [-0.3, -0.25) is 0 Å². The van der Waals surface area contributed by atoms with E-state index in [1.807, 2.05) is 30.5 Å².